The number of sulfonamides is 1. The summed E-state index contributed by atoms with van der Waals surface area (Å²) in [5, 5.41) is 3.21. The van der Waals surface area contributed by atoms with Gasteiger partial charge in [0.25, 0.3) is 10.0 Å². The third-order valence-corrected chi connectivity index (χ3v) is 4.81. The van der Waals surface area contributed by atoms with E-state index in [1.54, 1.807) is 24.3 Å². The molecule has 0 saturated carbocycles. The molecule has 1 aromatic carbocycles. The van der Waals surface area contributed by atoms with Crippen molar-refractivity contribution < 1.29 is 13.2 Å². The average Bonchev–Trinajstić information content (AvgIpc) is 2.56. The molecule has 1 heterocycles. The number of nitrogens with one attached hydrogen (secondary N) is 2. The molecule has 2 N–H and O–H groups in total. The van der Waals surface area contributed by atoms with E-state index in [2.05, 4.69) is 28.9 Å². The lowest BCUT2D eigenvalue weighted by molar-refractivity contribution is 0.414. The van der Waals surface area contributed by atoms with Crippen LogP contribution in [0.4, 0.5) is 11.5 Å². The minimum atomic E-state index is -3.65. The third kappa shape index (κ3) is 5.13. The van der Waals surface area contributed by atoms with Crippen LogP contribution < -0.4 is 14.8 Å². The first kappa shape index (κ1) is 18.1. The summed E-state index contributed by atoms with van der Waals surface area (Å²) in [6.45, 7) is 5.15. The van der Waals surface area contributed by atoms with Crippen molar-refractivity contribution >= 4 is 21.5 Å². The lowest BCUT2D eigenvalue weighted by atomic mass is 10.1. The Balaban J connectivity index is 2.01. The fourth-order valence-corrected chi connectivity index (χ4v) is 3.06. The van der Waals surface area contributed by atoms with E-state index in [0.717, 1.165) is 18.8 Å². The molecule has 0 radical (unpaired) electrons. The highest BCUT2D eigenvalue weighted by Crippen LogP contribution is 2.19. The Morgan fingerprint density at radius 2 is 1.83 bits per heavy atom. The zero-order valence-corrected chi connectivity index (χ0v) is 14.9. The molecule has 7 heteroatoms. The first-order valence-electron chi connectivity index (χ1n) is 7.77. The van der Waals surface area contributed by atoms with E-state index in [1.807, 2.05) is 0 Å². The second kappa shape index (κ2) is 8.01. The van der Waals surface area contributed by atoms with Crippen molar-refractivity contribution in [1.82, 2.24) is 4.98 Å². The predicted octanol–water partition coefficient (Wildman–Crippen LogP) is 3.35. The zero-order valence-electron chi connectivity index (χ0n) is 14.1. The van der Waals surface area contributed by atoms with Crippen LogP contribution in [-0.4, -0.2) is 27.1 Å². The van der Waals surface area contributed by atoms with E-state index in [1.165, 1.54) is 25.4 Å². The van der Waals surface area contributed by atoms with Gasteiger partial charge in [-0.15, -0.1) is 0 Å². The predicted molar refractivity (Wildman–Crippen MR) is 96.0 cm³/mol. The Labute approximate surface area is 143 Å². The molecule has 0 aliphatic carbocycles. The van der Waals surface area contributed by atoms with Crippen LogP contribution in [0.2, 0.25) is 0 Å². The van der Waals surface area contributed by atoms with E-state index in [4.69, 9.17) is 4.74 Å². The average molecular weight is 349 g/mol. The van der Waals surface area contributed by atoms with Gasteiger partial charge in [-0.3, -0.25) is 4.72 Å². The third-order valence-electron chi connectivity index (χ3n) is 3.41. The van der Waals surface area contributed by atoms with E-state index in [0.29, 0.717) is 17.4 Å². The highest BCUT2D eigenvalue weighted by Gasteiger charge is 2.14. The summed E-state index contributed by atoms with van der Waals surface area (Å²) < 4.78 is 32.2. The van der Waals surface area contributed by atoms with Crippen LogP contribution in [0.5, 0.6) is 5.75 Å². The molecule has 24 heavy (non-hydrogen) atoms. The van der Waals surface area contributed by atoms with Gasteiger partial charge in [0.15, 0.2) is 0 Å². The number of hydrogen-bond acceptors (Lipinski definition) is 5. The number of pyridine rings is 1. The quantitative estimate of drug-likeness (QED) is 0.764. The van der Waals surface area contributed by atoms with Gasteiger partial charge in [0.1, 0.15) is 11.6 Å². The molecule has 1 aromatic heterocycles. The molecule has 2 aromatic rings. The maximum absolute atomic E-state index is 12.3. The van der Waals surface area contributed by atoms with Crippen molar-refractivity contribution in [2.75, 3.05) is 23.7 Å². The minimum absolute atomic E-state index is 0.169. The lowest BCUT2D eigenvalue weighted by Gasteiger charge is -2.10. The number of anilines is 2. The minimum Gasteiger partial charge on any atom is -0.497 e. The second-order valence-electron chi connectivity index (χ2n) is 5.82. The van der Waals surface area contributed by atoms with E-state index < -0.39 is 10.0 Å². The van der Waals surface area contributed by atoms with Crippen LogP contribution in [0, 0.1) is 5.92 Å². The Kier molecular flexibility index (Phi) is 6.03. The van der Waals surface area contributed by atoms with Crippen LogP contribution in [0.3, 0.4) is 0 Å². The van der Waals surface area contributed by atoms with Gasteiger partial charge in [-0.05, 0) is 48.7 Å². The second-order valence-corrected chi connectivity index (χ2v) is 7.50. The molecular formula is C17H23N3O3S. The Morgan fingerprint density at radius 1 is 1.12 bits per heavy atom. The topological polar surface area (TPSA) is 80.3 Å². The van der Waals surface area contributed by atoms with Crippen LogP contribution in [0.1, 0.15) is 20.3 Å². The molecule has 130 valence electrons. The molecule has 0 atom stereocenters. The van der Waals surface area contributed by atoms with Crippen molar-refractivity contribution in [3.05, 3.63) is 42.6 Å². The molecule has 0 aliphatic heterocycles. The van der Waals surface area contributed by atoms with Crippen molar-refractivity contribution in [1.29, 1.82) is 0 Å². The number of aromatic nitrogens is 1. The standard InChI is InChI=1S/C17H23N3O3S/c1-13(2)10-11-18-17-9-4-14(12-19-17)20-24(21,22)16-7-5-15(23-3)6-8-16/h4-9,12-13,20H,10-11H2,1-3H3,(H,18,19). The summed E-state index contributed by atoms with van der Waals surface area (Å²) in [4.78, 5) is 4.39. The van der Waals surface area contributed by atoms with Gasteiger partial charge in [-0.1, -0.05) is 13.8 Å². The van der Waals surface area contributed by atoms with Crippen molar-refractivity contribution in [2.24, 2.45) is 5.92 Å². The molecule has 0 saturated heterocycles. The number of methoxy groups -OCH3 is 1. The van der Waals surface area contributed by atoms with Gasteiger partial charge in [-0.25, -0.2) is 13.4 Å². The molecule has 0 spiro atoms. The molecule has 6 nitrogen and oxygen atoms in total. The van der Waals surface area contributed by atoms with Crippen molar-refractivity contribution in [3.8, 4) is 5.75 Å². The van der Waals surface area contributed by atoms with Gasteiger partial charge >= 0.3 is 0 Å². The normalized spacial score (nSPS) is 11.3. The number of ether oxygens (including phenoxy) is 1. The van der Waals surface area contributed by atoms with Crippen LogP contribution >= 0.6 is 0 Å². The first-order chi connectivity index (χ1) is 11.4. The fraction of sp³-hybridized carbons (Fsp3) is 0.353. The fourth-order valence-electron chi connectivity index (χ4n) is 2.02. The van der Waals surface area contributed by atoms with Gasteiger partial charge in [0, 0.05) is 6.54 Å². The highest BCUT2D eigenvalue weighted by atomic mass is 32.2. The van der Waals surface area contributed by atoms with E-state index in [9.17, 15) is 8.42 Å². The maximum Gasteiger partial charge on any atom is 0.261 e. The Bertz CT molecular complexity index is 742. The SMILES string of the molecule is COc1ccc(S(=O)(=O)Nc2ccc(NCCC(C)C)nc2)cc1. The number of rotatable bonds is 8. The maximum atomic E-state index is 12.3. The molecule has 0 unspecified atom stereocenters. The van der Waals surface area contributed by atoms with Gasteiger partial charge in [0.05, 0.1) is 23.9 Å². The molecular weight excluding hydrogens is 326 g/mol. The van der Waals surface area contributed by atoms with Crippen LogP contribution in [0.15, 0.2) is 47.5 Å². The summed E-state index contributed by atoms with van der Waals surface area (Å²) in [5.74, 6) is 1.95. The van der Waals surface area contributed by atoms with Gasteiger partial charge in [-0.2, -0.15) is 0 Å². The summed E-state index contributed by atoms with van der Waals surface area (Å²) in [6, 6.07) is 9.65. The van der Waals surface area contributed by atoms with Gasteiger partial charge < -0.3 is 10.1 Å². The monoisotopic (exact) mass is 349 g/mol. The number of hydrogen-bond donors (Lipinski definition) is 2. The van der Waals surface area contributed by atoms with Crippen LogP contribution in [-0.2, 0) is 10.0 Å². The first-order valence-corrected chi connectivity index (χ1v) is 9.26. The van der Waals surface area contributed by atoms with Crippen molar-refractivity contribution in [2.45, 2.75) is 25.2 Å². The smallest absolute Gasteiger partial charge is 0.261 e. The largest absolute Gasteiger partial charge is 0.497 e. The van der Waals surface area contributed by atoms with Crippen molar-refractivity contribution in [3.63, 3.8) is 0 Å². The summed E-state index contributed by atoms with van der Waals surface area (Å²) in [7, 11) is -2.11. The molecule has 0 aliphatic rings. The van der Waals surface area contributed by atoms with E-state index >= 15 is 0 Å². The summed E-state index contributed by atoms with van der Waals surface area (Å²) >= 11 is 0. The molecule has 0 amide bonds. The summed E-state index contributed by atoms with van der Waals surface area (Å²) in [6.07, 6.45) is 2.55. The number of benzene rings is 1. The Morgan fingerprint density at radius 3 is 2.38 bits per heavy atom. The van der Waals surface area contributed by atoms with Gasteiger partial charge in [0.2, 0.25) is 0 Å². The van der Waals surface area contributed by atoms with E-state index in [-0.39, 0.29) is 4.90 Å². The summed E-state index contributed by atoms with van der Waals surface area (Å²) in [5.41, 5.74) is 0.417. The highest BCUT2D eigenvalue weighted by molar-refractivity contribution is 7.92. The lowest BCUT2D eigenvalue weighted by Crippen LogP contribution is -2.13. The van der Waals surface area contributed by atoms with Crippen LogP contribution in [0.25, 0.3) is 0 Å². The Hall–Kier alpha value is -2.28. The molecule has 2 rings (SSSR count). The molecule has 0 fully saturated rings. The molecule has 0 bridgehead atoms. The zero-order chi connectivity index (χ0) is 17.6. The number of nitrogens with zero attached hydrogens (tertiary/aromatic N) is 1.